The van der Waals surface area contributed by atoms with E-state index in [-0.39, 0.29) is 0 Å². The van der Waals surface area contributed by atoms with Gasteiger partial charge in [-0.2, -0.15) is 0 Å². The summed E-state index contributed by atoms with van der Waals surface area (Å²) in [5, 5.41) is 5.13. The van der Waals surface area contributed by atoms with Crippen LogP contribution in [-0.4, -0.2) is 9.97 Å². The Balaban J connectivity index is 1.41. The number of rotatable bonds is 2. The normalized spacial score (nSPS) is 12.4. The van der Waals surface area contributed by atoms with Crippen molar-refractivity contribution in [1.82, 2.24) is 9.97 Å². The minimum absolute atomic E-state index is 0.909. The molecule has 168 valence electrons. The average molecular weight is 478 g/mol. The monoisotopic (exact) mass is 477 g/mol. The molecule has 8 rings (SSSR count). The molecule has 0 atom stereocenters. The molecule has 1 aliphatic rings. The van der Waals surface area contributed by atoms with E-state index in [1.54, 1.807) is 6.20 Å². The predicted octanol–water partition coefficient (Wildman–Crippen LogP) is 9.11. The lowest BCUT2D eigenvalue weighted by molar-refractivity contribution is 1.18. The van der Waals surface area contributed by atoms with Gasteiger partial charge in [0.1, 0.15) is 5.82 Å². The van der Waals surface area contributed by atoms with Gasteiger partial charge in [-0.1, -0.05) is 54.6 Å². The standard InChI is InChI=1S/C32H19N3S/c1-2-12-29-23(9-1)26-16-25-24-10-3-6-20-7-4-11-27(32(20)24)35(28(25)17-30(26)36-29)31-14-13-22(19-34-31)21-8-5-15-33-18-21/h1-19H. The van der Waals surface area contributed by atoms with Gasteiger partial charge in [0, 0.05) is 60.8 Å². The second kappa shape index (κ2) is 7.48. The van der Waals surface area contributed by atoms with Crippen molar-refractivity contribution in [1.29, 1.82) is 0 Å². The Bertz CT molecular complexity index is 1930. The van der Waals surface area contributed by atoms with Crippen molar-refractivity contribution in [3.63, 3.8) is 0 Å². The van der Waals surface area contributed by atoms with Crippen LogP contribution in [0.2, 0.25) is 0 Å². The van der Waals surface area contributed by atoms with Crippen LogP contribution in [0.5, 0.6) is 0 Å². The Hall–Kier alpha value is -4.54. The number of thiophene rings is 1. The fourth-order valence-corrected chi connectivity index (χ4v) is 6.61. The Kier molecular flexibility index (Phi) is 4.10. The van der Waals surface area contributed by atoms with E-state index in [2.05, 4.69) is 101 Å². The maximum absolute atomic E-state index is 4.96. The van der Waals surface area contributed by atoms with E-state index in [1.165, 1.54) is 47.8 Å². The molecule has 4 heterocycles. The fourth-order valence-electron chi connectivity index (χ4n) is 5.49. The number of hydrogen-bond donors (Lipinski definition) is 0. The van der Waals surface area contributed by atoms with Crippen LogP contribution in [0.3, 0.4) is 0 Å². The molecule has 0 unspecified atom stereocenters. The topological polar surface area (TPSA) is 29.0 Å². The number of benzene rings is 4. The summed E-state index contributed by atoms with van der Waals surface area (Å²) in [6.07, 6.45) is 5.62. The Morgan fingerprint density at radius 2 is 1.50 bits per heavy atom. The van der Waals surface area contributed by atoms with Gasteiger partial charge in [0.25, 0.3) is 0 Å². The molecule has 0 radical (unpaired) electrons. The summed E-state index contributed by atoms with van der Waals surface area (Å²) in [4.78, 5) is 11.5. The van der Waals surface area contributed by atoms with Crippen LogP contribution >= 0.6 is 11.3 Å². The third-order valence-corrected chi connectivity index (χ3v) is 8.26. The van der Waals surface area contributed by atoms with Gasteiger partial charge in [-0.05, 0) is 53.4 Å². The molecule has 0 aliphatic carbocycles. The quantitative estimate of drug-likeness (QED) is 0.249. The first-order valence-corrected chi connectivity index (χ1v) is 12.8. The van der Waals surface area contributed by atoms with Gasteiger partial charge in [-0.3, -0.25) is 9.88 Å². The average Bonchev–Trinajstić information content (AvgIpc) is 3.31. The molecule has 1 aliphatic heterocycles. The van der Waals surface area contributed by atoms with Gasteiger partial charge in [0.2, 0.25) is 0 Å². The van der Waals surface area contributed by atoms with Crippen molar-refractivity contribution in [2.24, 2.45) is 0 Å². The summed E-state index contributed by atoms with van der Waals surface area (Å²) < 4.78 is 2.61. The van der Waals surface area contributed by atoms with E-state index in [9.17, 15) is 0 Å². The zero-order valence-corrected chi connectivity index (χ0v) is 20.0. The van der Waals surface area contributed by atoms with Crippen LogP contribution in [-0.2, 0) is 0 Å². The van der Waals surface area contributed by atoms with Crippen molar-refractivity contribution >= 4 is 59.5 Å². The van der Waals surface area contributed by atoms with Crippen LogP contribution in [0.1, 0.15) is 0 Å². The SMILES string of the molecule is c1cncc(-c2ccc(N3c4cc5sc6ccccc6c5cc4-c4cccc5cccc3c45)nc2)c1. The Morgan fingerprint density at radius 3 is 2.36 bits per heavy atom. The Morgan fingerprint density at radius 1 is 0.611 bits per heavy atom. The lowest BCUT2D eigenvalue weighted by Crippen LogP contribution is -2.16. The van der Waals surface area contributed by atoms with Crippen LogP contribution < -0.4 is 4.90 Å². The molecule has 3 nitrogen and oxygen atoms in total. The molecule has 0 fully saturated rings. The maximum atomic E-state index is 4.96. The van der Waals surface area contributed by atoms with Crippen LogP contribution in [0.4, 0.5) is 17.2 Å². The third-order valence-electron chi connectivity index (χ3n) is 7.12. The first kappa shape index (κ1) is 19.7. The molecule has 0 saturated heterocycles. The van der Waals surface area contributed by atoms with E-state index in [0.717, 1.165) is 22.6 Å². The highest BCUT2D eigenvalue weighted by Crippen LogP contribution is 2.52. The lowest BCUT2D eigenvalue weighted by atomic mass is 9.90. The van der Waals surface area contributed by atoms with Gasteiger partial charge in [-0.15, -0.1) is 11.3 Å². The van der Waals surface area contributed by atoms with Crippen molar-refractivity contribution in [2.75, 3.05) is 4.90 Å². The number of fused-ring (bicyclic) bond motifs is 5. The highest BCUT2D eigenvalue weighted by Gasteiger charge is 2.27. The predicted molar refractivity (Wildman–Crippen MR) is 152 cm³/mol. The van der Waals surface area contributed by atoms with E-state index in [0.29, 0.717) is 0 Å². The second-order valence-corrected chi connectivity index (χ2v) is 10.2. The lowest BCUT2D eigenvalue weighted by Gasteiger charge is -2.32. The molecule has 0 N–H and O–H groups in total. The molecule has 0 spiro atoms. The Labute approximate surface area is 211 Å². The van der Waals surface area contributed by atoms with Gasteiger partial charge < -0.3 is 0 Å². The van der Waals surface area contributed by atoms with Crippen LogP contribution in [0.25, 0.3) is 53.2 Å². The number of pyridine rings is 2. The first-order valence-electron chi connectivity index (χ1n) is 12.0. The van der Waals surface area contributed by atoms with E-state index in [4.69, 9.17) is 4.98 Å². The van der Waals surface area contributed by atoms with Crippen molar-refractivity contribution < 1.29 is 0 Å². The molecular formula is C32H19N3S. The molecule has 7 aromatic rings. The molecule has 3 aromatic heterocycles. The fraction of sp³-hybridized carbons (Fsp3) is 0. The molecular weight excluding hydrogens is 458 g/mol. The zero-order valence-electron chi connectivity index (χ0n) is 19.2. The summed E-state index contributed by atoms with van der Waals surface area (Å²) in [6.45, 7) is 0. The second-order valence-electron chi connectivity index (χ2n) is 9.13. The van der Waals surface area contributed by atoms with Crippen molar-refractivity contribution in [3.8, 4) is 22.3 Å². The largest absolute Gasteiger partial charge is 0.294 e. The number of aromatic nitrogens is 2. The minimum atomic E-state index is 0.909. The summed E-state index contributed by atoms with van der Waals surface area (Å²) in [7, 11) is 0. The summed E-state index contributed by atoms with van der Waals surface area (Å²) in [5.41, 5.74) is 6.98. The summed E-state index contributed by atoms with van der Waals surface area (Å²) in [6, 6.07) is 34.9. The van der Waals surface area contributed by atoms with Gasteiger partial charge in [0.15, 0.2) is 0 Å². The van der Waals surface area contributed by atoms with Gasteiger partial charge in [-0.25, -0.2) is 4.98 Å². The maximum Gasteiger partial charge on any atom is 0.137 e. The number of nitrogens with zero attached hydrogens (tertiary/aromatic N) is 3. The molecule has 0 bridgehead atoms. The van der Waals surface area contributed by atoms with E-state index >= 15 is 0 Å². The zero-order chi connectivity index (χ0) is 23.6. The smallest absolute Gasteiger partial charge is 0.137 e. The molecule has 0 amide bonds. The van der Waals surface area contributed by atoms with Crippen LogP contribution in [0.15, 0.2) is 116 Å². The van der Waals surface area contributed by atoms with Gasteiger partial charge >= 0.3 is 0 Å². The molecule has 4 heteroatoms. The van der Waals surface area contributed by atoms with Gasteiger partial charge in [0.05, 0.1) is 11.4 Å². The first-order chi connectivity index (χ1) is 17.8. The third kappa shape index (κ3) is 2.79. The summed E-state index contributed by atoms with van der Waals surface area (Å²) in [5.74, 6) is 0.909. The number of anilines is 3. The number of hydrogen-bond acceptors (Lipinski definition) is 4. The molecule has 36 heavy (non-hydrogen) atoms. The van der Waals surface area contributed by atoms with Crippen LogP contribution in [0, 0.1) is 0 Å². The highest BCUT2D eigenvalue weighted by atomic mass is 32.1. The minimum Gasteiger partial charge on any atom is -0.294 e. The van der Waals surface area contributed by atoms with E-state index < -0.39 is 0 Å². The summed E-state index contributed by atoms with van der Waals surface area (Å²) >= 11 is 1.85. The van der Waals surface area contributed by atoms with Crippen molar-refractivity contribution in [2.45, 2.75) is 0 Å². The van der Waals surface area contributed by atoms with E-state index in [1.807, 2.05) is 29.8 Å². The molecule has 0 saturated carbocycles. The van der Waals surface area contributed by atoms with Crippen molar-refractivity contribution in [3.05, 3.63) is 116 Å². The highest BCUT2D eigenvalue weighted by molar-refractivity contribution is 7.25. The molecule has 4 aromatic carbocycles.